The molecule has 1 aliphatic heterocycles. The Hall–Kier alpha value is -2.04. The summed E-state index contributed by atoms with van der Waals surface area (Å²) >= 11 is 8.90. The Morgan fingerprint density at radius 3 is 2.68 bits per heavy atom. The molecule has 1 aliphatic rings. The Kier molecular flexibility index (Phi) is 6.63. The molecule has 2 aromatic carbocycles. The van der Waals surface area contributed by atoms with Crippen LogP contribution >= 0.6 is 46.0 Å². The van der Waals surface area contributed by atoms with Gasteiger partial charge in [0.2, 0.25) is 0 Å². The number of nitrogens with one attached hydrogen (secondary N) is 1. The van der Waals surface area contributed by atoms with E-state index in [1.165, 1.54) is 0 Å². The zero-order chi connectivity index (χ0) is 20.3. The molecule has 0 atom stereocenters. The summed E-state index contributed by atoms with van der Waals surface area (Å²) in [6.07, 6.45) is 1.58. The molecule has 2 aromatic rings. The first-order valence-electron chi connectivity index (χ1n) is 8.07. The first-order chi connectivity index (χ1) is 13.4. The minimum Gasteiger partial charge on any atom is -0.490 e. The average Bonchev–Trinajstić information content (AvgIpc) is 2.95. The number of rotatable bonds is 5. The summed E-state index contributed by atoms with van der Waals surface area (Å²) in [5, 5.41) is 2.08. The van der Waals surface area contributed by atoms with Crippen LogP contribution in [-0.2, 0) is 4.79 Å². The first kappa shape index (κ1) is 20.7. The lowest BCUT2D eigenvalue weighted by Crippen LogP contribution is -2.17. The quantitative estimate of drug-likeness (QED) is 0.257. The predicted octanol–water partition coefficient (Wildman–Crippen LogP) is 4.89. The van der Waals surface area contributed by atoms with E-state index in [1.807, 2.05) is 22.6 Å². The third-order valence-corrected chi connectivity index (χ3v) is 5.50. The Labute approximate surface area is 183 Å². The summed E-state index contributed by atoms with van der Waals surface area (Å²) in [6.45, 7) is 2.15. The molecule has 1 heterocycles. The molecule has 0 unspecified atom stereocenters. The van der Waals surface area contributed by atoms with Crippen molar-refractivity contribution < 1.29 is 23.9 Å². The highest BCUT2D eigenvalue weighted by atomic mass is 127. The lowest BCUT2D eigenvalue weighted by Gasteiger charge is -2.14. The summed E-state index contributed by atoms with van der Waals surface area (Å²) < 4.78 is 11.8. The van der Waals surface area contributed by atoms with Gasteiger partial charge in [0.25, 0.3) is 11.1 Å². The highest BCUT2D eigenvalue weighted by molar-refractivity contribution is 14.1. The van der Waals surface area contributed by atoms with Crippen molar-refractivity contribution in [3.05, 3.63) is 61.0 Å². The van der Waals surface area contributed by atoms with E-state index in [1.54, 1.807) is 49.4 Å². The van der Waals surface area contributed by atoms with Gasteiger partial charge in [-0.25, -0.2) is 4.79 Å². The monoisotopic (exact) mass is 529 g/mol. The number of amides is 2. The molecule has 0 aliphatic carbocycles. The van der Waals surface area contributed by atoms with Crippen molar-refractivity contribution in [3.8, 4) is 11.5 Å². The zero-order valence-corrected chi connectivity index (χ0v) is 18.2. The van der Waals surface area contributed by atoms with E-state index in [0.29, 0.717) is 21.5 Å². The minimum atomic E-state index is -0.605. The molecule has 0 radical (unpaired) electrons. The van der Waals surface area contributed by atoms with Crippen LogP contribution in [0.4, 0.5) is 4.79 Å². The Balaban J connectivity index is 1.95. The van der Waals surface area contributed by atoms with E-state index >= 15 is 0 Å². The lowest BCUT2D eigenvalue weighted by atomic mass is 10.1. The number of thioether (sulfide) groups is 1. The third kappa shape index (κ3) is 4.68. The van der Waals surface area contributed by atoms with Crippen molar-refractivity contribution in [2.45, 2.75) is 6.92 Å². The average molecular weight is 530 g/mol. The van der Waals surface area contributed by atoms with Crippen LogP contribution in [0.5, 0.6) is 11.5 Å². The fourth-order valence-electron chi connectivity index (χ4n) is 2.38. The standard InChI is InChI=1S/C19H13ClINO5S/c1-2-26-14-8-10(9-15-17(23)22-19(25)28-15)7-13(21)16(14)27-18(24)11-5-3-4-6-12(11)20/h3-9H,2H2,1H3,(H,22,23,25)/b15-9-. The zero-order valence-electron chi connectivity index (χ0n) is 14.5. The summed E-state index contributed by atoms with van der Waals surface area (Å²) in [5.41, 5.74) is 0.879. The lowest BCUT2D eigenvalue weighted by molar-refractivity contribution is -0.115. The molecular formula is C19H13ClINO5S. The van der Waals surface area contributed by atoms with Crippen molar-refractivity contribution >= 4 is 69.1 Å². The molecule has 1 N–H and O–H groups in total. The summed E-state index contributed by atoms with van der Waals surface area (Å²) in [5.74, 6) is -0.449. The minimum absolute atomic E-state index is 0.242. The van der Waals surface area contributed by atoms with Gasteiger partial charge in [0.1, 0.15) is 0 Å². The number of hydrogen-bond donors (Lipinski definition) is 1. The van der Waals surface area contributed by atoms with Crippen LogP contribution in [0, 0.1) is 3.57 Å². The second-order valence-electron chi connectivity index (χ2n) is 5.48. The molecule has 0 aromatic heterocycles. The number of benzene rings is 2. The van der Waals surface area contributed by atoms with Crippen LogP contribution in [0.3, 0.4) is 0 Å². The van der Waals surface area contributed by atoms with E-state index in [9.17, 15) is 14.4 Å². The summed E-state index contributed by atoms with van der Waals surface area (Å²) in [7, 11) is 0. The summed E-state index contributed by atoms with van der Waals surface area (Å²) in [6, 6.07) is 9.96. The number of hydrogen-bond acceptors (Lipinski definition) is 6. The Morgan fingerprint density at radius 2 is 2.04 bits per heavy atom. The van der Waals surface area contributed by atoms with E-state index in [4.69, 9.17) is 21.1 Å². The van der Waals surface area contributed by atoms with Crippen LogP contribution < -0.4 is 14.8 Å². The van der Waals surface area contributed by atoms with Gasteiger partial charge in [-0.1, -0.05) is 23.7 Å². The van der Waals surface area contributed by atoms with Gasteiger partial charge in [0, 0.05) is 0 Å². The van der Waals surface area contributed by atoms with Crippen molar-refractivity contribution in [1.82, 2.24) is 5.32 Å². The van der Waals surface area contributed by atoms with E-state index in [-0.39, 0.29) is 21.2 Å². The van der Waals surface area contributed by atoms with Crippen LogP contribution in [0.1, 0.15) is 22.8 Å². The van der Waals surface area contributed by atoms with Crippen LogP contribution in [0.15, 0.2) is 41.3 Å². The predicted molar refractivity (Wildman–Crippen MR) is 116 cm³/mol. The maximum atomic E-state index is 12.5. The van der Waals surface area contributed by atoms with Crippen molar-refractivity contribution in [2.24, 2.45) is 0 Å². The third-order valence-electron chi connectivity index (χ3n) is 3.56. The maximum Gasteiger partial charge on any atom is 0.345 e. The number of imide groups is 1. The normalized spacial score (nSPS) is 14.9. The number of carbonyl (C=O) groups excluding carboxylic acids is 3. The van der Waals surface area contributed by atoms with Gasteiger partial charge in [-0.3, -0.25) is 14.9 Å². The molecule has 1 saturated heterocycles. The van der Waals surface area contributed by atoms with Crippen LogP contribution in [0.2, 0.25) is 5.02 Å². The van der Waals surface area contributed by atoms with Gasteiger partial charge in [0.05, 0.1) is 25.7 Å². The molecule has 6 nitrogen and oxygen atoms in total. The smallest absolute Gasteiger partial charge is 0.345 e. The highest BCUT2D eigenvalue weighted by Gasteiger charge is 2.25. The van der Waals surface area contributed by atoms with Crippen LogP contribution in [0.25, 0.3) is 6.08 Å². The molecule has 144 valence electrons. The topological polar surface area (TPSA) is 81.7 Å². The molecule has 28 heavy (non-hydrogen) atoms. The SMILES string of the molecule is CCOc1cc(/C=C2\SC(=O)NC2=O)cc(I)c1OC(=O)c1ccccc1Cl. The van der Waals surface area contributed by atoms with Gasteiger partial charge < -0.3 is 9.47 Å². The summed E-state index contributed by atoms with van der Waals surface area (Å²) in [4.78, 5) is 35.9. The molecule has 3 rings (SSSR count). The van der Waals surface area contributed by atoms with Crippen molar-refractivity contribution in [1.29, 1.82) is 0 Å². The van der Waals surface area contributed by atoms with Gasteiger partial charge in [-0.15, -0.1) is 0 Å². The van der Waals surface area contributed by atoms with Gasteiger partial charge >= 0.3 is 5.97 Å². The maximum absolute atomic E-state index is 12.5. The molecule has 1 fully saturated rings. The number of halogens is 2. The largest absolute Gasteiger partial charge is 0.490 e. The molecule has 2 amide bonds. The second kappa shape index (κ2) is 8.97. The van der Waals surface area contributed by atoms with Gasteiger partial charge in [-0.05, 0) is 77.2 Å². The fraction of sp³-hybridized carbons (Fsp3) is 0.105. The van der Waals surface area contributed by atoms with Gasteiger partial charge in [0.15, 0.2) is 11.5 Å². The molecule has 0 saturated carbocycles. The van der Waals surface area contributed by atoms with E-state index in [0.717, 1.165) is 11.8 Å². The number of esters is 1. The fourth-order valence-corrected chi connectivity index (χ4v) is 4.01. The molecule has 0 spiro atoms. The van der Waals surface area contributed by atoms with Crippen molar-refractivity contribution in [2.75, 3.05) is 6.61 Å². The second-order valence-corrected chi connectivity index (χ2v) is 8.07. The highest BCUT2D eigenvalue weighted by Crippen LogP contribution is 2.37. The van der Waals surface area contributed by atoms with E-state index in [2.05, 4.69) is 5.32 Å². The number of carbonyl (C=O) groups is 3. The van der Waals surface area contributed by atoms with Crippen molar-refractivity contribution in [3.63, 3.8) is 0 Å². The molecule has 0 bridgehead atoms. The van der Waals surface area contributed by atoms with Gasteiger partial charge in [-0.2, -0.15) is 0 Å². The Bertz CT molecular complexity index is 1010. The van der Waals surface area contributed by atoms with E-state index < -0.39 is 17.1 Å². The van der Waals surface area contributed by atoms with Crippen LogP contribution in [-0.4, -0.2) is 23.7 Å². The number of ether oxygens (including phenoxy) is 2. The molecule has 9 heteroatoms. The Morgan fingerprint density at radius 1 is 1.29 bits per heavy atom. The first-order valence-corrected chi connectivity index (χ1v) is 10.3. The molecular weight excluding hydrogens is 517 g/mol.